The lowest BCUT2D eigenvalue weighted by molar-refractivity contribution is -0.135. The fourth-order valence-corrected chi connectivity index (χ4v) is 2.01. The Balaban J connectivity index is 2.41. The summed E-state index contributed by atoms with van der Waals surface area (Å²) in [6, 6.07) is 0. The number of amides is 2. The number of likely N-dealkylation sites (tertiary alicyclic amines) is 1. The van der Waals surface area contributed by atoms with Crippen LogP contribution in [0.1, 0.15) is 39.5 Å². The average molecular weight is 226 g/mol. The second-order valence-electron chi connectivity index (χ2n) is 5.01. The molecule has 0 radical (unpaired) electrons. The molecule has 2 N–H and O–H groups in total. The van der Waals surface area contributed by atoms with Crippen molar-refractivity contribution in [3.05, 3.63) is 0 Å². The molecule has 0 aromatic heterocycles. The molecule has 4 nitrogen and oxygen atoms in total. The summed E-state index contributed by atoms with van der Waals surface area (Å²) in [5, 5.41) is 0. The Kier molecular flexibility index (Phi) is 4.77. The van der Waals surface area contributed by atoms with Crippen molar-refractivity contribution in [1.82, 2.24) is 4.90 Å². The van der Waals surface area contributed by atoms with Crippen LogP contribution in [0.3, 0.4) is 0 Å². The number of rotatable bonds is 4. The van der Waals surface area contributed by atoms with Gasteiger partial charge in [-0.3, -0.25) is 9.59 Å². The van der Waals surface area contributed by atoms with Gasteiger partial charge in [-0.05, 0) is 25.2 Å². The summed E-state index contributed by atoms with van der Waals surface area (Å²) in [4.78, 5) is 24.7. The van der Waals surface area contributed by atoms with Gasteiger partial charge in [0.1, 0.15) is 0 Å². The molecule has 0 unspecified atom stereocenters. The van der Waals surface area contributed by atoms with Crippen LogP contribution in [-0.2, 0) is 9.59 Å². The monoisotopic (exact) mass is 226 g/mol. The quantitative estimate of drug-likeness (QED) is 0.781. The summed E-state index contributed by atoms with van der Waals surface area (Å²) in [7, 11) is 0. The van der Waals surface area contributed by atoms with Crippen LogP contribution in [0.15, 0.2) is 0 Å². The van der Waals surface area contributed by atoms with Crippen LogP contribution in [0.25, 0.3) is 0 Å². The normalized spacial score (nSPS) is 21.2. The molecule has 16 heavy (non-hydrogen) atoms. The molecule has 1 aliphatic heterocycles. The van der Waals surface area contributed by atoms with Crippen LogP contribution in [0.2, 0.25) is 0 Å². The van der Waals surface area contributed by atoms with E-state index in [0.29, 0.717) is 18.9 Å². The molecule has 4 heteroatoms. The fourth-order valence-electron chi connectivity index (χ4n) is 2.01. The minimum atomic E-state index is -0.277. The molecule has 1 saturated heterocycles. The Morgan fingerprint density at radius 3 is 2.69 bits per heavy atom. The number of nitrogens with two attached hydrogens (primary N) is 1. The first-order valence-electron chi connectivity index (χ1n) is 6.07. The molecule has 0 aliphatic carbocycles. The first-order valence-corrected chi connectivity index (χ1v) is 6.07. The van der Waals surface area contributed by atoms with E-state index in [1.807, 2.05) is 0 Å². The Morgan fingerprint density at radius 1 is 1.44 bits per heavy atom. The van der Waals surface area contributed by atoms with Crippen molar-refractivity contribution in [3.8, 4) is 0 Å². The Hall–Kier alpha value is -1.06. The van der Waals surface area contributed by atoms with E-state index in [1.165, 1.54) is 0 Å². The van der Waals surface area contributed by atoms with Crippen molar-refractivity contribution in [3.63, 3.8) is 0 Å². The van der Waals surface area contributed by atoms with Crippen molar-refractivity contribution in [1.29, 1.82) is 0 Å². The van der Waals surface area contributed by atoms with Gasteiger partial charge >= 0.3 is 0 Å². The summed E-state index contributed by atoms with van der Waals surface area (Å²) < 4.78 is 0. The predicted octanol–water partition coefficient (Wildman–Crippen LogP) is 1.15. The third-order valence-corrected chi connectivity index (χ3v) is 3.11. The van der Waals surface area contributed by atoms with E-state index in [-0.39, 0.29) is 17.7 Å². The number of hydrogen-bond acceptors (Lipinski definition) is 2. The molecule has 0 bridgehead atoms. The highest BCUT2D eigenvalue weighted by Gasteiger charge is 2.26. The third-order valence-electron chi connectivity index (χ3n) is 3.11. The molecule has 2 amide bonds. The van der Waals surface area contributed by atoms with Crippen LogP contribution < -0.4 is 5.73 Å². The highest BCUT2D eigenvalue weighted by atomic mass is 16.2. The van der Waals surface area contributed by atoms with Crippen LogP contribution >= 0.6 is 0 Å². The minimum Gasteiger partial charge on any atom is -0.369 e. The van der Waals surface area contributed by atoms with E-state index in [0.717, 1.165) is 25.8 Å². The Bertz CT molecular complexity index is 264. The zero-order chi connectivity index (χ0) is 12.1. The van der Waals surface area contributed by atoms with Gasteiger partial charge in [0.2, 0.25) is 11.8 Å². The second kappa shape index (κ2) is 5.87. The van der Waals surface area contributed by atoms with E-state index in [2.05, 4.69) is 13.8 Å². The molecule has 0 aromatic carbocycles. The summed E-state index contributed by atoms with van der Waals surface area (Å²) in [5.41, 5.74) is 5.27. The Labute approximate surface area is 97.2 Å². The SMILES string of the molecule is CC(C)CCC(=O)N1CCC[C@H](C(N)=O)C1. The van der Waals surface area contributed by atoms with Gasteiger partial charge in [0.15, 0.2) is 0 Å². The van der Waals surface area contributed by atoms with E-state index < -0.39 is 0 Å². The summed E-state index contributed by atoms with van der Waals surface area (Å²) in [6.45, 7) is 5.51. The minimum absolute atomic E-state index is 0.142. The van der Waals surface area contributed by atoms with Gasteiger partial charge < -0.3 is 10.6 Å². The zero-order valence-corrected chi connectivity index (χ0v) is 10.2. The van der Waals surface area contributed by atoms with Gasteiger partial charge in [-0.2, -0.15) is 0 Å². The van der Waals surface area contributed by atoms with Gasteiger partial charge in [-0.1, -0.05) is 13.8 Å². The molecule has 0 aromatic rings. The molecule has 0 saturated carbocycles. The number of nitrogens with zero attached hydrogens (tertiary/aromatic N) is 1. The van der Waals surface area contributed by atoms with Crippen molar-refractivity contribution in [2.24, 2.45) is 17.6 Å². The van der Waals surface area contributed by atoms with E-state index >= 15 is 0 Å². The van der Waals surface area contributed by atoms with Crippen molar-refractivity contribution in [2.45, 2.75) is 39.5 Å². The number of hydrogen-bond donors (Lipinski definition) is 1. The highest BCUT2D eigenvalue weighted by molar-refractivity contribution is 5.80. The smallest absolute Gasteiger partial charge is 0.222 e. The van der Waals surface area contributed by atoms with Gasteiger partial charge in [0.05, 0.1) is 5.92 Å². The molecule has 1 rings (SSSR count). The number of carbonyl (C=O) groups is 2. The van der Waals surface area contributed by atoms with Gasteiger partial charge in [-0.25, -0.2) is 0 Å². The molecule has 1 atom stereocenters. The molecule has 0 spiro atoms. The highest BCUT2D eigenvalue weighted by Crippen LogP contribution is 2.17. The first-order chi connectivity index (χ1) is 7.50. The predicted molar refractivity (Wildman–Crippen MR) is 62.6 cm³/mol. The molecule has 1 aliphatic rings. The third kappa shape index (κ3) is 3.83. The van der Waals surface area contributed by atoms with Gasteiger partial charge in [0, 0.05) is 19.5 Å². The maximum Gasteiger partial charge on any atom is 0.222 e. The average Bonchev–Trinajstić information content (AvgIpc) is 2.26. The lowest BCUT2D eigenvalue weighted by atomic mass is 9.97. The van der Waals surface area contributed by atoms with Crippen LogP contribution in [-0.4, -0.2) is 29.8 Å². The van der Waals surface area contributed by atoms with Crippen LogP contribution in [0.4, 0.5) is 0 Å². The lowest BCUT2D eigenvalue weighted by Gasteiger charge is -2.31. The molecular weight excluding hydrogens is 204 g/mol. The largest absolute Gasteiger partial charge is 0.369 e. The van der Waals surface area contributed by atoms with E-state index in [4.69, 9.17) is 5.73 Å². The zero-order valence-electron chi connectivity index (χ0n) is 10.2. The van der Waals surface area contributed by atoms with Crippen LogP contribution in [0.5, 0.6) is 0 Å². The van der Waals surface area contributed by atoms with Crippen molar-refractivity contribution in [2.75, 3.05) is 13.1 Å². The number of primary amides is 1. The standard InChI is InChI=1S/C12H22N2O2/c1-9(2)5-6-11(15)14-7-3-4-10(8-14)12(13)16/h9-10H,3-8H2,1-2H3,(H2,13,16)/t10-/m0/s1. The summed E-state index contributed by atoms with van der Waals surface area (Å²) in [5.74, 6) is 0.290. The maximum atomic E-state index is 11.8. The molecule has 1 fully saturated rings. The van der Waals surface area contributed by atoms with Gasteiger partial charge in [0.25, 0.3) is 0 Å². The summed E-state index contributed by atoms with van der Waals surface area (Å²) >= 11 is 0. The van der Waals surface area contributed by atoms with Gasteiger partial charge in [-0.15, -0.1) is 0 Å². The van der Waals surface area contributed by atoms with Crippen molar-refractivity contribution < 1.29 is 9.59 Å². The molecule has 1 heterocycles. The van der Waals surface area contributed by atoms with E-state index in [1.54, 1.807) is 4.90 Å². The summed E-state index contributed by atoms with van der Waals surface area (Å²) in [6.07, 6.45) is 3.21. The topological polar surface area (TPSA) is 63.4 Å². The Morgan fingerprint density at radius 2 is 2.12 bits per heavy atom. The van der Waals surface area contributed by atoms with Crippen molar-refractivity contribution >= 4 is 11.8 Å². The molecule has 92 valence electrons. The molecular formula is C12H22N2O2. The lowest BCUT2D eigenvalue weighted by Crippen LogP contribution is -2.44. The van der Waals surface area contributed by atoms with Crippen LogP contribution in [0, 0.1) is 11.8 Å². The maximum absolute atomic E-state index is 11.8. The second-order valence-corrected chi connectivity index (χ2v) is 5.01. The number of piperidine rings is 1. The fraction of sp³-hybridized carbons (Fsp3) is 0.833. The first kappa shape index (κ1) is 13.0. The number of carbonyl (C=O) groups excluding carboxylic acids is 2. The van der Waals surface area contributed by atoms with E-state index in [9.17, 15) is 9.59 Å².